The molecule has 4 heterocycles. The van der Waals surface area contributed by atoms with Crippen molar-refractivity contribution in [2.75, 3.05) is 32.8 Å². The summed E-state index contributed by atoms with van der Waals surface area (Å²) < 4.78 is 24.4. The van der Waals surface area contributed by atoms with Crippen LogP contribution < -0.4 is 5.32 Å². The van der Waals surface area contributed by atoms with Crippen molar-refractivity contribution in [3.63, 3.8) is 0 Å². The molecule has 8 heteroatoms. The van der Waals surface area contributed by atoms with Crippen LogP contribution >= 0.6 is 0 Å². The van der Waals surface area contributed by atoms with E-state index in [2.05, 4.69) is 44.3 Å². The molecule has 0 aromatic rings. The standard InChI is InChI=1S/C34H52N2O6/c1-4-27-21-30-23-29-11-9-10-28(40-29)20-25(2)13-14-26(3)32(42-33(37)24-31(22-27)41-30)12-7-5-6-8-15-35-34(38)36-16-18-39-19-17-36/h4-7,12-14,25-26,28-32H,8-11,15-24H2,1-3H3,(H,35,38)/b6-5-,12-7+,14-13+,27-4-. The Bertz CT molecular complexity index is 985. The molecule has 7 unspecified atom stereocenters. The van der Waals surface area contributed by atoms with Crippen molar-refractivity contribution in [1.82, 2.24) is 10.2 Å². The Balaban J connectivity index is 1.37. The van der Waals surface area contributed by atoms with Crippen LogP contribution in [-0.2, 0) is 23.7 Å². The molecule has 0 saturated carbocycles. The molecule has 0 spiro atoms. The van der Waals surface area contributed by atoms with Gasteiger partial charge in [0.25, 0.3) is 0 Å². The zero-order chi connectivity index (χ0) is 29.7. The first-order chi connectivity index (χ1) is 20.4. The van der Waals surface area contributed by atoms with E-state index < -0.39 is 0 Å². The second-order valence-corrected chi connectivity index (χ2v) is 12.3. The van der Waals surface area contributed by atoms with Crippen molar-refractivity contribution in [3.8, 4) is 0 Å². The SMILES string of the molecule is C/C=C1\CC2CC(=O)OC(/C=C/C=C\CCNC(=O)N3CCOCC3)C(C)/C=C/C(C)CC3CCCC(CC(C1)O2)O3. The molecule has 0 aliphatic carbocycles. The average Bonchev–Trinajstić information content (AvgIpc) is 2.98. The monoisotopic (exact) mass is 584 g/mol. The van der Waals surface area contributed by atoms with Gasteiger partial charge in [-0.15, -0.1) is 0 Å². The zero-order valence-corrected chi connectivity index (χ0v) is 25.9. The number of hydrogen-bond acceptors (Lipinski definition) is 6. The van der Waals surface area contributed by atoms with Gasteiger partial charge in [-0.05, 0) is 63.9 Å². The summed E-state index contributed by atoms with van der Waals surface area (Å²) in [6.45, 7) is 9.44. The van der Waals surface area contributed by atoms with Crippen LogP contribution in [0.25, 0.3) is 0 Å². The Morgan fingerprint density at radius 1 is 0.976 bits per heavy atom. The third-order valence-electron chi connectivity index (χ3n) is 8.73. The number of cyclic esters (lactones) is 1. The molecule has 42 heavy (non-hydrogen) atoms. The highest BCUT2D eigenvalue weighted by Gasteiger charge is 2.32. The molecule has 8 nitrogen and oxygen atoms in total. The van der Waals surface area contributed by atoms with Crippen LogP contribution in [0.4, 0.5) is 4.79 Å². The number of amides is 2. The predicted octanol–water partition coefficient (Wildman–Crippen LogP) is 5.89. The van der Waals surface area contributed by atoms with Crippen molar-refractivity contribution in [3.05, 3.63) is 48.1 Å². The topological polar surface area (TPSA) is 86.3 Å². The molecule has 0 aromatic heterocycles. The second-order valence-electron chi connectivity index (χ2n) is 12.3. The van der Waals surface area contributed by atoms with E-state index in [0.29, 0.717) is 38.8 Å². The summed E-state index contributed by atoms with van der Waals surface area (Å²) in [6, 6.07) is -0.0419. The van der Waals surface area contributed by atoms with E-state index in [1.54, 1.807) is 4.90 Å². The molecular weight excluding hydrogens is 532 g/mol. The van der Waals surface area contributed by atoms with Gasteiger partial charge >= 0.3 is 12.0 Å². The summed E-state index contributed by atoms with van der Waals surface area (Å²) in [7, 11) is 0. The number of rotatable bonds is 5. The molecular formula is C34H52N2O6. The minimum absolute atomic E-state index is 0.0212. The Kier molecular flexibility index (Phi) is 13.2. The highest BCUT2D eigenvalue weighted by Crippen LogP contribution is 2.33. The minimum atomic E-state index is -0.379. The lowest BCUT2D eigenvalue weighted by Crippen LogP contribution is -2.46. The minimum Gasteiger partial charge on any atom is -0.457 e. The number of nitrogens with one attached hydrogen (secondary N) is 1. The number of carbonyl (C=O) groups excluding carboxylic acids is 2. The van der Waals surface area contributed by atoms with Crippen LogP contribution in [0, 0.1) is 11.8 Å². The highest BCUT2D eigenvalue weighted by atomic mass is 16.6. The van der Waals surface area contributed by atoms with Crippen LogP contribution in [0.3, 0.4) is 0 Å². The largest absolute Gasteiger partial charge is 0.457 e. The fourth-order valence-corrected chi connectivity index (χ4v) is 6.32. The third-order valence-corrected chi connectivity index (χ3v) is 8.73. The van der Waals surface area contributed by atoms with E-state index in [0.717, 1.165) is 44.9 Å². The molecule has 3 fully saturated rings. The summed E-state index contributed by atoms with van der Waals surface area (Å²) in [5, 5.41) is 2.96. The van der Waals surface area contributed by atoms with Gasteiger partial charge in [-0.3, -0.25) is 4.79 Å². The first-order valence-corrected chi connectivity index (χ1v) is 16.2. The van der Waals surface area contributed by atoms with Crippen molar-refractivity contribution in [2.45, 2.75) is 109 Å². The normalized spacial score (nSPS) is 35.3. The Morgan fingerprint density at radius 3 is 2.50 bits per heavy atom. The van der Waals surface area contributed by atoms with Crippen molar-refractivity contribution in [1.29, 1.82) is 0 Å². The third kappa shape index (κ3) is 10.7. The number of allylic oxidation sites excluding steroid dienone is 4. The Morgan fingerprint density at radius 2 is 1.71 bits per heavy atom. The fraction of sp³-hybridized carbons (Fsp3) is 0.706. The van der Waals surface area contributed by atoms with Gasteiger partial charge in [-0.1, -0.05) is 55.9 Å². The maximum absolute atomic E-state index is 13.2. The van der Waals surface area contributed by atoms with Crippen molar-refractivity contribution in [2.24, 2.45) is 11.8 Å². The van der Waals surface area contributed by atoms with Gasteiger partial charge < -0.3 is 29.2 Å². The molecule has 4 bridgehead atoms. The highest BCUT2D eigenvalue weighted by molar-refractivity contribution is 5.74. The Labute approximate surface area is 252 Å². The maximum Gasteiger partial charge on any atom is 0.317 e. The van der Waals surface area contributed by atoms with Gasteiger partial charge in [-0.25, -0.2) is 4.79 Å². The smallest absolute Gasteiger partial charge is 0.317 e. The number of ether oxygens (including phenoxy) is 4. The molecule has 234 valence electrons. The summed E-state index contributed by atoms with van der Waals surface area (Å²) >= 11 is 0. The summed E-state index contributed by atoms with van der Waals surface area (Å²) in [5.41, 5.74) is 1.35. The molecule has 4 rings (SSSR count). The molecule has 4 aliphatic rings. The lowest BCUT2D eigenvalue weighted by Gasteiger charge is -2.37. The van der Waals surface area contributed by atoms with Gasteiger partial charge in [0.15, 0.2) is 0 Å². The molecule has 2 amide bonds. The van der Waals surface area contributed by atoms with Gasteiger partial charge in [0, 0.05) is 32.0 Å². The maximum atomic E-state index is 13.2. The quantitative estimate of drug-likeness (QED) is 0.188. The molecule has 0 aromatic carbocycles. The molecule has 7 atom stereocenters. The number of esters is 1. The fourth-order valence-electron chi connectivity index (χ4n) is 6.32. The number of morpholine rings is 1. The lowest BCUT2D eigenvalue weighted by molar-refractivity contribution is -0.154. The van der Waals surface area contributed by atoms with Crippen LogP contribution in [0.15, 0.2) is 48.1 Å². The molecule has 3 saturated heterocycles. The molecule has 1 N–H and O–H groups in total. The Hall–Kier alpha value is -2.42. The predicted molar refractivity (Wildman–Crippen MR) is 164 cm³/mol. The van der Waals surface area contributed by atoms with Crippen molar-refractivity contribution >= 4 is 12.0 Å². The van der Waals surface area contributed by atoms with Gasteiger partial charge in [0.1, 0.15) is 6.10 Å². The molecule has 0 radical (unpaired) electrons. The zero-order valence-electron chi connectivity index (χ0n) is 25.9. The van der Waals surface area contributed by atoms with Crippen molar-refractivity contribution < 1.29 is 28.5 Å². The van der Waals surface area contributed by atoms with Gasteiger partial charge in [0.05, 0.1) is 44.1 Å². The van der Waals surface area contributed by atoms with E-state index >= 15 is 0 Å². The number of carbonyl (C=O) groups is 2. The van der Waals surface area contributed by atoms with Crippen LogP contribution in [0.1, 0.15) is 78.6 Å². The van der Waals surface area contributed by atoms with E-state index in [-0.39, 0.29) is 54.9 Å². The summed E-state index contributed by atoms with van der Waals surface area (Å²) in [6.07, 6.45) is 22.4. The van der Waals surface area contributed by atoms with Crippen LogP contribution in [-0.4, -0.2) is 80.3 Å². The first-order valence-electron chi connectivity index (χ1n) is 16.2. The first kappa shape index (κ1) is 32.5. The number of urea groups is 1. The number of hydrogen-bond donors (Lipinski definition) is 1. The number of fused-ring (bicyclic) bond motifs is 4. The average molecular weight is 585 g/mol. The molecule has 4 aliphatic heterocycles. The summed E-state index contributed by atoms with van der Waals surface area (Å²) in [5.74, 6) is 0.171. The number of nitrogens with zero attached hydrogens (tertiary/aromatic N) is 1. The van der Waals surface area contributed by atoms with E-state index in [4.69, 9.17) is 18.9 Å². The van der Waals surface area contributed by atoms with Crippen LogP contribution in [0.5, 0.6) is 0 Å². The van der Waals surface area contributed by atoms with E-state index in [9.17, 15) is 9.59 Å². The summed E-state index contributed by atoms with van der Waals surface area (Å²) in [4.78, 5) is 27.2. The lowest BCUT2D eigenvalue weighted by atomic mass is 9.90. The van der Waals surface area contributed by atoms with Gasteiger partial charge in [0.2, 0.25) is 0 Å². The van der Waals surface area contributed by atoms with Gasteiger partial charge in [-0.2, -0.15) is 0 Å². The van der Waals surface area contributed by atoms with E-state index in [1.807, 2.05) is 24.3 Å². The second kappa shape index (κ2) is 17.0. The van der Waals surface area contributed by atoms with E-state index in [1.165, 1.54) is 12.0 Å². The van der Waals surface area contributed by atoms with Crippen LogP contribution in [0.2, 0.25) is 0 Å².